The second kappa shape index (κ2) is 4.60. The van der Waals surface area contributed by atoms with E-state index in [1.54, 1.807) is 13.8 Å². The largest absolute Gasteiger partial charge is 0.480 e. The van der Waals surface area contributed by atoms with E-state index in [1.807, 2.05) is 5.32 Å². The van der Waals surface area contributed by atoms with Gasteiger partial charge < -0.3 is 9.52 Å². The van der Waals surface area contributed by atoms with E-state index in [0.29, 0.717) is 18.4 Å². The molecule has 1 aromatic heterocycles. The fraction of sp³-hybridized carbons (Fsp3) is 0.600. The molecule has 0 amide bonds. The van der Waals surface area contributed by atoms with Crippen LogP contribution in [-0.4, -0.2) is 27.8 Å². The van der Waals surface area contributed by atoms with Gasteiger partial charge in [0, 0.05) is 0 Å². The zero-order chi connectivity index (χ0) is 14.1. The summed E-state index contributed by atoms with van der Waals surface area (Å²) >= 11 is 0. The highest BCUT2D eigenvalue weighted by Gasteiger charge is 2.57. The quantitative estimate of drug-likeness (QED) is 0.868. The van der Waals surface area contributed by atoms with Crippen molar-refractivity contribution in [2.75, 3.05) is 0 Å². The lowest BCUT2D eigenvalue weighted by Gasteiger charge is -2.28. The summed E-state index contributed by atoms with van der Waals surface area (Å²) < 4.78 is 43.0. The van der Waals surface area contributed by atoms with Crippen molar-refractivity contribution in [3.05, 3.63) is 17.3 Å². The van der Waals surface area contributed by atoms with Crippen LogP contribution in [0.15, 0.2) is 4.42 Å². The van der Waals surface area contributed by atoms with Crippen molar-refractivity contribution >= 4 is 5.97 Å². The monoisotopic (exact) mass is 266 g/mol. The highest BCUT2D eigenvalue weighted by atomic mass is 19.4. The molecule has 0 aromatic carbocycles. The van der Waals surface area contributed by atoms with E-state index >= 15 is 0 Å². The van der Waals surface area contributed by atoms with Crippen molar-refractivity contribution in [1.82, 2.24) is 10.3 Å². The summed E-state index contributed by atoms with van der Waals surface area (Å²) in [5, 5.41) is 10.6. The Kier molecular flexibility index (Phi) is 3.70. The van der Waals surface area contributed by atoms with Crippen LogP contribution in [0, 0.1) is 13.8 Å². The third kappa shape index (κ3) is 2.63. The van der Waals surface area contributed by atoms with Crippen LogP contribution in [0.2, 0.25) is 0 Å². The molecule has 0 bridgehead atoms. The molecule has 0 radical (unpaired) electrons. The Morgan fingerprint density at radius 3 is 2.33 bits per heavy atom. The molecule has 5 nitrogen and oxygen atoms in total. The molecule has 0 fully saturated rings. The van der Waals surface area contributed by atoms with Gasteiger partial charge in [-0.2, -0.15) is 13.2 Å². The number of carboxylic acid groups (broad SMARTS) is 1. The molecular weight excluding hydrogens is 253 g/mol. The molecule has 1 atom stereocenters. The van der Waals surface area contributed by atoms with E-state index in [1.165, 1.54) is 0 Å². The predicted octanol–water partition coefficient (Wildman–Crippen LogP) is 1.79. The maximum absolute atomic E-state index is 12.6. The number of aromatic nitrogens is 1. The fourth-order valence-corrected chi connectivity index (χ4v) is 1.16. The zero-order valence-electron chi connectivity index (χ0n) is 10.1. The maximum atomic E-state index is 12.6. The molecule has 1 heterocycles. The second-order valence-corrected chi connectivity index (χ2v) is 4.03. The third-order valence-corrected chi connectivity index (χ3v) is 2.66. The first-order valence-electron chi connectivity index (χ1n) is 5.06. The maximum Gasteiger partial charge on any atom is 0.417 e. The van der Waals surface area contributed by atoms with Gasteiger partial charge in [0.25, 0.3) is 0 Å². The highest BCUT2D eigenvalue weighted by Crippen LogP contribution is 2.30. The Balaban J connectivity index is 2.84. The Morgan fingerprint density at radius 1 is 1.44 bits per heavy atom. The summed E-state index contributed by atoms with van der Waals surface area (Å²) in [6.07, 6.45) is -4.92. The Hall–Kier alpha value is -1.57. The Bertz CT molecular complexity index is 436. The molecule has 0 saturated heterocycles. The van der Waals surface area contributed by atoms with Crippen molar-refractivity contribution in [2.45, 2.75) is 39.0 Å². The van der Waals surface area contributed by atoms with E-state index in [4.69, 9.17) is 9.52 Å². The average Bonchev–Trinajstić information content (AvgIpc) is 2.53. The molecule has 1 aromatic rings. The van der Waals surface area contributed by atoms with Crippen molar-refractivity contribution in [3.63, 3.8) is 0 Å². The summed E-state index contributed by atoms with van der Waals surface area (Å²) in [5.41, 5.74) is -2.49. The Labute approximate surface area is 101 Å². The number of carbonyl (C=O) groups is 1. The summed E-state index contributed by atoms with van der Waals surface area (Å²) in [7, 11) is 0. The van der Waals surface area contributed by atoms with Gasteiger partial charge in [-0.25, -0.2) is 9.78 Å². The van der Waals surface area contributed by atoms with Crippen LogP contribution in [0.3, 0.4) is 0 Å². The van der Waals surface area contributed by atoms with Crippen LogP contribution in [0.5, 0.6) is 0 Å². The lowest BCUT2D eigenvalue weighted by Crippen LogP contribution is -2.59. The molecule has 1 rings (SSSR count). The first-order valence-corrected chi connectivity index (χ1v) is 5.06. The van der Waals surface area contributed by atoms with Crippen LogP contribution >= 0.6 is 0 Å². The molecule has 0 aliphatic rings. The molecule has 0 aliphatic carbocycles. The number of carboxylic acids is 1. The highest BCUT2D eigenvalue weighted by molar-refractivity contribution is 5.79. The van der Waals surface area contributed by atoms with E-state index in [2.05, 4.69) is 4.98 Å². The number of aryl methyl sites for hydroxylation is 2. The second-order valence-electron chi connectivity index (χ2n) is 4.03. The first-order chi connectivity index (χ1) is 8.08. The number of hydrogen-bond acceptors (Lipinski definition) is 4. The van der Waals surface area contributed by atoms with Crippen molar-refractivity contribution in [2.24, 2.45) is 0 Å². The van der Waals surface area contributed by atoms with Crippen molar-refractivity contribution in [3.8, 4) is 0 Å². The lowest BCUT2D eigenvalue weighted by molar-refractivity contribution is -0.206. The molecule has 8 heteroatoms. The molecule has 2 N–H and O–H groups in total. The van der Waals surface area contributed by atoms with Gasteiger partial charge in [0.1, 0.15) is 5.76 Å². The normalized spacial score (nSPS) is 15.4. The van der Waals surface area contributed by atoms with E-state index in [0.717, 1.165) is 0 Å². The van der Waals surface area contributed by atoms with Crippen LogP contribution in [0.1, 0.15) is 24.3 Å². The summed E-state index contributed by atoms with van der Waals surface area (Å²) in [5.74, 6) is -1.51. The number of halogens is 3. The molecule has 102 valence electrons. The standard InChI is InChI=1S/C10H13F3N2O3/c1-5-6(2)18-7(15-5)4-14-9(3,8(16)17)10(11,12)13/h14H,4H2,1-3H3,(H,16,17). The van der Waals surface area contributed by atoms with E-state index in [-0.39, 0.29) is 5.89 Å². The van der Waals surface area contributed by atoms with Gasteiger partial charge in [-0.1, -0.05) is 0 Å². The van der Waals surface area contributed by atoms with Gasteiger partial charge >= 0.3 is 12.1 Å². The molecule has 1 unspecified atom stereocenters. The van der Waals surface area contributed by atoms with Gasteiger partial charge in [0.15, 0.2) is 0 Å². The number of nitrogens with one attached hydrogen (secondary N) is 1. The molecule has 18 heavy (non-hydrogen) atoms. The van der Waals surface area contributed by atoms with Crippen molar-refractivity contribution < 1.29 is 27.5 Å². The first kappa shape index (κ1) is 14.5. The minimum atomic E-state index is -4.92. The van der Waals surface area contributed by atoms with Gasteiger partial charge in [0.2, 0.25) is 11.4 Å². The van der Waals surface area contributed by atoms with Crippen LogP contribution in [0.25, 0.3) is 0 Å². The van der Waals surface area contributed by atoms with Gasteiger partial charge in [0.05, 0.1) is 12.2 Å². The number of rotatable bonds is 4. The number of alkyl halides is 3. The fourth-order valence-electron chi connectivity index (χ4n) is 1.16. The topological polar surface area (TPSA) is 75.4 Å². The van der Waals surface area contributed by atoms with Gasteiger partial charge in [-0.05, 0) is 20.8 Å². The van der Waals surface area contributed by atoms with Crippen LogP contribution in [0.4, 0.5) is 13.2 Å². The Morgan fingerprint density at radius 2 is 2.00 bits per heavy atom. The summed E-state index contributed by atoms with van der Waals surface area (Å²) in [4.78, 5) is 14.6. The molecule has 0 spiro atoms. The number of hydrogen-bond donors (Lipinski definition) is 2. The van der Waals surface area contributed by atoms with Gasteiger partial charge in [-0.15, -0.1) is 0 Å². The minimum absolute atomic E-state index is 0.0155. The van der Waals surface area contributed by atoms with E-state index < -0.39 is 24.2 Å². The number of aliphatic carboxylic acids is 1. The smallest absolute Gasteiger partial charge is 0.417 e. The minimum Gasteiger partial charge on any atom is -0.480 e. The molecular formula is C10H13F3N2O3. The number of nitrogens with zero attached hydrogens (tertiary/aromatic N) is 1. The average molecular weight is 266 g/mol. The molecule has 0 aliphatic heterocycles. The van der Waals surface area contributed by atoms with Crippen LogP contribution in [-0.2, 0) is 11.3 Å². The zero-order valence-corrected chi connectivity index (χ0v) is 10.1. The van der Waals surface area contributed by atoms with Gasteiger partial charge in [-0.3, -0.25) is 5.32 Å². The van der Waals surface area contributed by atoms with Crippen LogP contribution < -0.4 is 5.32 Å². The SMILES string of the molecule is Cc1nc(CNC(C)(C(=O)O)C(F)(F)F)oc1C. The summed E-state index contributed by atoms with van der Waals surface area (Å²) in [6.45, 7) is 3.39. The van der Waals surface area contributed by atoms with Crippen molar-refractivity contribution in [1.29, 1.82) is 0 Å². The van der Waals surface area contributed by atoms with E-state index in [9.17, 15) is 18.0 Å². The number of oxazole rings is 1. The lowest BCUT2D eigenvalue weighted by atomic mass is 10.0. The third-order valence-electron chi connectivity index (χ3n) is 2.66. The predicted molar refractivity (Wildman–Crippen MR) is 54.9 cm³/mol. The summed E-state index contributed by atoms with van der Waals surface area (Å²) in [6, 6.07) is 0. The molecule has 0 saturated carbocycles.